The fraction of sp³-hybridized carbons (Fsp3) is 0.188. The Kier molecular flexibility index (Phi) is 4.66. The van der Waals surface area contributed by atoms with E-state index in [-0.39, 0.29) is 11.8 Å². The highest BCUT2D eigenvalue weighted by molar-refractivity contribution is 5.96. The number of urea groups is 1. The van der Waals surface area contributed by atoms with Gasteiger partial charge in [0.25, 0.3) is 0 Å². The van der Waals surface area contributed by atoms with Crippen molar-refractivity contribution in [2.75, 3.05) is 5.32 Å². The zero-order valence-corrected chi connectivity index (χ0v) is 12.0. The fourth-order valence-electron chi connectivity index (χ4n) is 1.86. The van der Waals surface area contributed by atoms with Crippen molar-refractivity contribution in [3.05, 3.63) is 59.4 Å². The van der Waals surface area contributed by atoms with Crippen molar-refractivity contribution in [3.63, 3.8) is 0 Å². The predicted octanol–water partition coefficient (Wildman–Crippen LogP) is 2.91. The number of anilines is 1. The topological polar surface area (TPSA) is 71.1 Å². The van der Waals surface area contributed by atoms with E-state index in [1.807, 2.05) is 25.1 Å². The summed E-state index contributed by atoms with van der Waals surface area (Å²) in [6.07, 6.45) is 0. The zero-order valence-electron chi connectivity index (χ0n) is 12.0. The second-order valence-corrected chi connectivity index (χ2v) is 4.71. The lowest BCUT2D eigenvalue weighted by Gasteiger charge is -2.08. The third-order valence-electron chi connectivity index (χ3n) is 2.90. The van der Waals surface area contributed by atoms with Gasteiger partial charge >= 0.3 is 6.03 Å². The Bertz CT molecular complexity index is 668. The van der Waals surface area contributed by atoms with Crippen LogP contribution in [0.15, 0.2) is 42.5 Å². The number of hydrogen-bond acceptors (Lipinski definition) is 3. The minimum absolute atomic E-state index is 0.0389. The second kappa shape index (κ2) is 6.65. The average Bonchev–Trinajstić information content (AvgIpc) is 2.45. The van der Waals surface area contributed by atoms with E-state index in [1.165, 1.54) is 6.92 Å². The maximum atomic E-state index is 11.8. The fourth-order valence-corrected chi connectivity index (χ4v) is 1.86. The number of amides is 2. The van der Waals surface area contributed by atoms with Gasteiger partial charge in [-0.15, -0.1) is 0 Å². The molecule has 0 saturated heterocycles. The van der Waals surface area contributed by atoms with Gasteiger partial charge in [0.2, 0.25) is 0 Å². The molecule has 1 heterocycles. The van der Waals surface area contributed by atoms with Gasteiger partial charge in [-0.2, -0.15) is 0 Å². The number of benzene rings is 1. The third-order valence-corrected chi connectivity index (χ3v) is 2.90. The Morgan fingerprint density at radius 2 is 1.90 bits per heavy atom. The van der Waals surface area contributed by atoms with Gasteiger partial charge in [0, 0.05) is 16.9 Å². The number of aryl methyl sites for hydroxylation is 1. The van der Waals surface area contributed by atoms with Gasteiger partial charge in [-0.1, -0.05) is 18.2 Å². The molecule has 0 spiro atoms. The van der Waals surface area contributed by atoms with Crippen molar-refractivity contribution in [2.24, 2.45) is 0 Å². The number of nitrogens with one attached hydrogen (secondary N) is 2. The monoisotopic (exact) mass is 283 g/mol. The number of ketones is 1. The molecule has 0 aliphatic rings. The highest BCUT2D eigenvalue weighted by Gasteiger charge is 2.05. The lowest BCUT2D eigenvalue weighted by Crippen LogP contribution is -2.28. The Labute approximate surface area is 123 Å². The highest BCUT2D eigenvalue weighted by atomic mass is 16.2. The van der Waals surface area contributed by atoms with Crippen LogP contribution in [0.25, 0.3) is 0 Å². The molecule has 5 nitrogen and oxygen atoms in total. The van der Waals surface area contributed by atoms with Gasteiger partial charge in [0.05, 0.1) is 12.2 Å². The lowest BCUT2D eigenvalue weighted by molar-refractivity contribution is 0.101. The summed E-state index contributed by atoms with van der Waals surface area (Å²) in [6.45, 7) is 3.74. The first-order valence-electron chi connectivity index (χ1n) is 6.63. The van der Waals surface area contributed by atoms with Crippen LogP contribution in [-0.4, -0.2) is 16.8 Å². The van der Waals surface area contributed by atoms with Gasteiger partial charge in [-0.05, 0) is 38.1 Å². The highest BCUT2D eigenvalue weighted by Crippen LogP contribution is 2.11. The Morgan fingerprint density at radius 3 is 2.62 bits per heavy atom. The number of rotatable bonds is 4. The van der Waals surface area contributed by atoms with Crippen molar-refractivity contribution < 1.29 is 9.59 Å². The molecule has 0 radical (unpaired) electrons. The third kappa shape index (κ3) is 4.42. The van der Waals surface area contributed by atoms with Crippen LogP contribution in [0.3, 0.4) is 0 Å². The Hall–Kier alpha value is -2.69. The maximum absolute atomic E-state index is 11.8. The lowest BCUT2D eigenvalue weighted by atomic mass is 10.1. The Balaban J connectivity index is 1.93. The number of hydrogen-bond donors (Lipinski definition) is 2. The van der Waals surface area contributed by atoms with E-state index in [9.17, 15) is 9.59 Å². The molecule has 0 unspecified atom stereocenters. The van der Waals surface area contributed by atoms with E-state index in [4.69, 9.17) is 0 Å². The summed E-state index contributed by atoms with van der Waals surface area (Å²) in [5.74, 6) is -0.0389. The van der Waals surface area contributed by atoms with Crippen LogP contribution in [0.5, 0.6) is 0 Å². The summed E-state index contributed by atoms with van der Waals surface area (Å²) >= 11 is 0. The van der Waals surface area contributed by atoms with Gasteiger partial charge in [-0.3, -0.25) is 9.78 Å². The second-order valence-electron chi connectivity index (χ2n) is 4.71. The molecule has 2 aromatic rings. The quantitative estimate of drug-likeness (QED) is 0.847. The van der Waals surface area contributed by atoms with E-state index in [2.05, 4.69) is 15.6 Å². The molecule has 2 rings (SSSR count). The van der Waals surface area contributed by atoms with Crippen LogP contribution in [0.2, 0.25) is 0 Å². The minimum Gasteiger partial charge on any atom is -0.332 e. The van der Waals surface area contributed by atoms with Crippen molar-refractivity contribution in [1.29, 1.82) is 0 Å². The first-order chi connectivity index (χ1) is 10.0. The van der Waals surface area contributed by atoms with Gasteiger partial charge in [0.15, 0.2) is 5.78 Å². The van der Waals surface area contributed by atoms with E-state index >= 15 is 0 Å². The molecule has 0 aliphatic heterocycles. The molecule has 2 amide bonds. The van der Waals surface area contributed by atoms with Crippen LogP contribution < -0.4 is 10.6 Å². The van der Waals surface area contributed by atoms with E-state index in [0.717, 1.165) is 11.4 Å². The van der Waals surface area contributed by atoms with Crippen LogP contribution >= 0.6 is 0 Å². The molecule has 1 aromatic carbocycles. The molecular formula is C16H17N3O2. The molecule has 108 valence electrons. The average molecular weight is 283 g/mol. The normalized spacial score (nSPS) is 10.0. The SMILES string of the molecule is CC(=O)c1cccc(NC(=O)NCc2cccc(C)n2)c1. The molecular weight excluding hydrogens is 266 g/mol. The van der Waals surface area contributed by atoms with Crippen LogP contribution in [0, 0.1) is 6.92 Å². The summed E-state index contributed by atoms with van der Waals surface area (Å²) in [4.78, 5) is 27.4. The molecule has 5 heteroatoms. The van der Waals surface area contributed by atoms with E-state index < -0.39 is 0 Å². The summed E-state index contributed by atoms with van der Waals surface area (Å²) in [7, 11) is 0. The maximum Gasteiger partial charge on any atom is 0.319 e. The van der Waals surface area contributed by atoms with Gasteiger partial charge < -0.3 is 10.6 Å². The van der Waals surface area contributed by atoms with Crippen LogP contribution in [-0.2, 0) is 6.54 Å². The minimum atomic E-state index is -0.334. The van der Waals surface area contributed by atoms with E-state index in [1.54, 1.807) is 24.3 Å². The van der Waals surface area contributed by atoms with E-state index in [0.29, 0.717) is 17.8 Å². The first kappa shape index (κ1) is 14.7. The summed E-state index contributed by atoms with van der Waals surface area (Å²) in [5, 5.41) is 5.42. The summed E-state index contributed by atoms with van der Waals surface area (Å²) in [5.41, 5.74) is 2.84. The molecule has 21 heavy (non-hydrogen) atoms. The number of carbonyl (C=O) groups excluding carboxylic acids is 2. The molecule has 0 atom stereocenters. The van der Waals surface area contributed by atoms with Crippen molar-refractivity contribution in [1.82, 2.24) is 10.3 Å². The standard InChI is InChI=1S/C16H17N3O2/c1-11-5-3-8-15(18-11)10-17-16(21)19-14-7-4-6-13(9-14)12(2)20/h3-9H,10H2,1-2H3,(H2,17,19,21). The summed E-state index contributed by atoms with van der Waals surface area (Å²) < 4.78 is 0. The molecule has 0 fully saturated rings. The molecule has 0 bridgehead atoms. The van der Waals surface area contributed by atoms with Gasteiger partial charge in [0.1, 0.15) is 0 Å². The summed E-state index contributed by atoms with van der Waals surface area (Å²) in [6, 6.07) is 12.1. The largest absolute Gasteiger partial charge is 0.332 e. The number of aromatic nitrogens is 1. The smallest absolute Gasteiger partial charge is 0.319 e. The molecule has 0 aliphatic carbocycles. The van der Waals surface area contributed by atoms with Crippen molar-refractivity contribution in [2.45, 2.75) is 20.4 Å². The zero-order chi connectivity index (χ0) is 15.2. The van der Waals surface area contributed by atoms with Crippen molar-refractivity contribution >= 4 is 17.5 Å². The number of carbonyl (C=O) groups is 2. The number of pyridine rings is 1. The predicted molar refractivity (Wildman–Crippen MR) is 81.3 cm³/mol. The van der Waals surface area contributed by atoms with Gasteiger partial charge in [-0.25, -0.2) is 4.79 Å². The number of nitrogens with zero attached hydrogens (tertiary/aromatic N) is 1. The molecule has 1 aromatic heterocycles. The van der Waals surface area contributed by atoms with Crippen LogP contribution in [0.4, 0.5) is 10.5 Å². The van der Waals surface area contributed by atoms with Crippen LogP contribution in [0.1, 0.15) is 28.7 Å². The molecule has 0 saturated carbocycles. The van der Waals surface area contributed by atoms with Crippen molar-refractivity contribution in [3.8, 4) is 0 Å². The number of Topliss-reactive ketones (excluding diaryl/α,β-unsaturated/α-hetero) is 1. The Morgan fingerprint density at radius 1 is 1.14 bits per heavy atom. The molecule has 2 N–H and O–H groups in total. The first-order valence-corrected chi connectivity index (χ1v) is 6.63.